The lowest BCUT2D eigenvalue weighted by Gasteiger charge is -2.25. The summed E-state index contributed by atoms with van der Waals surface area (Å²) in [5.41, 5.74) is 11.5. The van der Waals surface area contributed by atoms with Gasteiger partial charge in [-0.3, -0.25) is 24.0 Å². The molecule has 32 heavy (non-hydrogen) atoms. The standard InChI is InChI=1S/C19H31N7O6/c1-9(2)15(21)18(30)25-12(4-5-14(20)27)16(28)26-13(6-11-7-22-8-23-11)17(29)24-10(3)19(31)32/h7-10,12-13,15H,4-6,21H2,1-3H3,(H2,20,27)(H,22,23)(H,24,29)(H,25,30)(H,26,28)(H,31,32). The zero-order chi connectivity index (χ0) is 24.4. The minimum atomic E-state index is -1.25. The highest BCUT2D eigenvalue weighted by atomic mass is 16.4. The predicted octanol–water partition coefficient (Wildman–Crippen LogP) is -2.24. The van der Waals surface area contributed by atoms with Crippen LogP contribution in [0.4, 0.5) is 0 Å². The number of nitrogens with one attached hydrogen (secondary N) is 4. The number of nitrogens with two attached hydrogens (primary N) is 2. The van der Waals surface area contributed by atoms with E-state index in [0.717, 1.165) is 0 Å². The van der Waals surface area contributed by atoms with Gasteiger partial charge in [0.05, 0.1) is 12.4 Å². The van der Waals surface area contributed by atoms with Crippen molar-refractivity contribution < 1.29 is 29.1 Å². The smallest absolute Gasteiger partial charge is 0.325 e. The molecule has 1 aromatic heterocycles. The zero-order valence-corrected chi connectivity index (χ0v) is 18.3. The highest BCUT2D eigenvalue weighted by Crippen LogP contribution is 2.05. The number of carbonyl (C=O) groups excluding carboxylic acids is 4. The van der Waals surface area contributed by atoms with Gasteiger partial charge in [0.1, 0.15) is 18.1 Å². The van der Waals surface area contributed by atoms with Gasteiger partial charge >= 0.3 is 5.97 Å². The highest BCUT2D eigenvalue weighted by Gasteiger charge is 2.30. The minimum Gasteiger partial charge on any atom is -0.480 e. The molecule has 0 saturated carbocycles. The summed E-state index contributed by atoms with van der Waals surface area (Å²) >= 11 is 0. The number of carboxylic acid groups (broad SMARTS) is 1. The van der Waals surface area contributed by atoms with Crippen LogP contribution in [-0.2, 0) is 30.4 Å². The van der Waals surface area contributed by atoms with E-state index in [1.807, 2.05) is 0 Å². The van der Waals surface area contributed by atoms with E-state index in [2.05, 4.69) is 25.9 Å². The fourth-order valence-corrected chi connectivity index (χ4v) is 2.60. The molecule has 1 heterocycles. The fourth-order valence-electron chi connectivity index (χ4n) is 2.60. The fraction of sp³-hybridized carbons (Fsp3) is 0.579. The molecular formula is C19H31N7O6. The van der Waals surface area contributed by atoms with Crippen molar-refractivity contribution in [1.82, 2.24) is 25.9 Å². The number of aliphatic carboxylic acids is 1. The van der Waals surface area contributed by atoms with E-state index in [1.54, 1.807) is 13.8 Å². The summed E-state index contributed by atoms with van der Waals surface area (Å²) < 4.78 is 0. The maximum Gasteiger partial charge on any atom is 0.325 e. The van der Waals surface area contributed by atoms with Crippen LogP contribution in [0.5, 0.6) is 0 Å². The largest absolute Gasteiger partial charge is 0.480 e. The van der Waals surface area contributed by atoms with Crippen LogP contribution in [0, 0.1) is 5.92 Å². The van der Waals surface area contributed by atoms with E-state index in [0.29, 0.717) is 5.69 Å². The number of carbonyl (C=O) groups is 5. The molecule has 0 aliphatic heterocycles. The number of H-pyrrole nitrogens is 1. The number of carboxylic acids is 1. The van der Waals surface area contributed by atoms with Crippen molar-refractivity contribution in [3.05, 3.63) is 18.2 Å². The third-order valence-corrected chi connectivity index (χ3v) is 4.67. The van der Waals surface area contributed by atoms with Gasteiger partial charge in [-0.1, -0.05) is 13.8 Å². The Labute approximate surface area is 185 Å². The maximum atomic E-state index is 12.9. The average Bonchev–Trinajstić information content (AvgIpc) is 3.22. The van der Waals surface area contributed by atoms with Crippen LogP contribution in [0.15, 0.2) is 12.5 Å². The van der Waals surface area contributed by atoms with Crippen LogP contribution >= 0.6 is 0 Å². The zero-order valence-electron chi connectivity index (χ0n) is 18.3. The molecule has 13 nitrogen and oxygen atoms in total. The number of primary amides is 1. The Bertz CT molecular complexity index is 811. The van der Waals surface area contributed by atoms with E-state index < -0.39 is 53.8 Å². The van der Waals surface area contributed by atoms with E-state index in [1.165, 1.54) is 19.4 Å². The lowest BCUT2D eigenvalue weighted by molar-refractivity contribution is -0.141. The maximum absolute atomic E-state index is 12.9. The van der Waals surface area contributed by atoms with Gasteiger partial charge < -0.3 is 37.5 Å². The molecule has 0 saturated heterocycles. The SMILES string of the molecule is CC(NC(=O)C(Cc1cnc[nH]1)NC(=O)C(CCC(N)=O)NC(=O)C(N)C(C)C)C(=O)O. The van der Waals surface area contributed by atoms with E-state index in [-0.39, 0.29) is 25.2 Å². The van der Waals surface area contributed by atoms with E-state index in [4.69, 9.17) is 16.6 Å². The summed E-state index contributed by atoms with van der Waals surface area (Å²) in [6.07, 6.45) is 2.51. The molecule has 9 N–H and O–H groups in total. The van der Waals surface area contributed by atoms with Crippen LogP contribution in [0.25, 0.3) is 0 Å². The highest BCUT2D eigenvalue weighted by molar-refractivity contribution is 5.94. The summed E-state index contributed by atoms with van der Waals surface area (Å²) in [4.78, 5) is 66.8. The Morgan fingerprint density at radius 1 is 1.03 bits per heavy atom. The molecule has 0 fully saturated rings. The number of amides is 4. The first-order valence-electron chi connectivity index (χ1n) is 10.1. The number of nitrogens with zero attached hydrogens (tertiary/aromatic N) is 1. The monoisotopic (exact) mass is 453 g/mol. The molecule has 4 amide bonds. The topological polar surface area (TPSA) is 222 Å². The van der Waals surface area contributed by atoms with E-state index in [9.17, 15) is 24.0 Å². The number of hydrogen-bond acceptors (Lipinski definition) is 7. The Balaban J connectivity index is 3.02. The van der Waals surface area contributed by atoms with Gasteiger partial charge in [0.15, 0.2) is 0 Å². The second kappa shape index (κ2) is 12.4. The Hall–Kier alpha value is -3.48. The van der Waals surface area contributed by atoms with Crippen molar-refractivity contribution in [2.24, 2.45) is 17.4 Å². The van der Waals surface area contributed by atoms with Crippen LogP contribution < -0.4 is 27.4 Å². The van der Waals surface area contributed by atoms with Gasteiger partial charge in [-0.05, 0) is 19.3 Å². The van der Waals surface area contributed by atoms with Gasteiger partial charge in [-0.15, -0.1) is 0 Å². The first-order chi connectivity index (χ1) is 14.9. The molecule has 0 aliphatic rings. The number of hydrogen-bond donors (Lipinski definition) is 7. The van der Waals surface area contributed by atoms with Gasteiger partial charge in [-0.2, -0.15) is 0 Å². The van der Waals surface area contributed by atoms with Crippen LogP contribution in [-0.4, -0.2) is 68.8 Å². The molecular weight excluding hydrogens is 422 g/mol. The molecule has 1 aromatic rings. The third kappa shape index (κ3) is 8.71. The van der Waals surface area contributed by atoms with Crippen molar-refractivity contribution in [2.45, 2.75) is 64.2 Å². The summed E-state index contributed by atoms with van der Waals surface area (Å²) in [6.45, 7) is 4.74. The molecule has 0 radical (unpaired) electrons. The molecule has 178 valence electrons. The summed E-state index contributed by atoms with van der Waals surface area (Å²) in [5, 5.41) is 16.3. The minimum absolute atomic E-state index is 0.0219. The first kappa shape index (κ1) is 26.6. The third-order valence-electron chi connectivity index (χ3n) is 4.67. The molecule has 13 heteroatoms. The molecule has 4 atom stereocenters. The van der Waals surface area contributed by atoms with E-state index >= 15 is 0 Å². The Morgan fingerprint density at radius 3 is 2.12 bits per heavy atom. The lowest BCUT2D eigenvalue weighted by atomic mass is 10.0. The van der Waals surface area contributed by atoms with Crippen LogP contribution in [0.2, 0.25) is 0 Å². The van der Waals surface area contributed by atoms with Gasteiger partial charge in [0.2, 0.25) is 23.6 Å². The van der Waals surface area contributed by atoms with Gasteiger partial charge in [0.25, 0.3) is 0 Å². The average molecular weight is 454 g/mol. The summed E-state index contributed by atoms with van der Waals surface area (Å²) in [6, 6.07) is -4.46. The predicted molar refractivity (Wildman–Crippen MR) is 113 cm³/mol. The molecule has 0 bridgehead atoms. The second-order valence-corrected chi connectivity index (χ2v) is 7.75. The number of imidazole rings is 1. The van der Waals surface area contributed by atoms with Crippen LogP contribution in [0.1, 0.15) is 39.3 Å². The lowest BCUT2D eigenvalue weighted by Crippen LogP contribution is -2.58. The first-order valence-corrected chi connectivity index (χ1v) is 10.1. The molecule has 4 unspecified atom stereocenters. The number of aromatic nitrogens is 2. The molecule has 0 aliphatic carbocycles. The normalized spacial score (nSPS) is 14.7. The Morgan fingerprint density at radius 2 is 1.62 bits per heavy atom. The van der Waals surface area contributed by atoms with Crippen molar-refractivity contribution in [2.75, 3.05) is 0 Å². The molecule has 0 aromatic carbocycles. The summed E-state index contributed by atoms with van der Waals surface area (Å²) in [7, 11) is 0. The van der Waals surface area contributed by atoms with Crippen molar-refractivity contribution in [3.63, 3.8) is 0 Å². The van der Waals surface area contributed by atoms with Crippen LogP contribution in [0.3, 0.4) is 0 Å². The quantitative estimate of drug-likeness (QED) is 0.172. The Kier molecular flexibility index (Phi) is 10.3. The number of aromatic amines is 1. The van der Waals surface area contributed by atoms with Gasteiger partial charge in [0, 0.05) is 24.7 Å². The molecule has 1 rings (SSSR count). The second-order valence-electron chi connectivity index (χ2n) is 7.75. The summed E-state index contributed by atoms with van der Waals surface area (Å²) in [5.74, 6) is -4.23. The van der Waals surface area contributed by atoms with Crippen molar-refractivity contribution >= 4 is 29.6 Å². The van der Waals surface area contributed by atoms with Crippen molar-refractivity contribution in [3.8, 4) is 0 Å². The number of rotatable bonds is 13. The van der Waals surface area contributed by atoms with Gasteiger partial charge in [-0.25, -0.2) is 4.98 Å². The van der Waals surface area contributed by atoms with Crippen molar-refractivity contribution in [1.29, 1.82) is 0 Å². The molecule has 0 spiro atoms.